The Labute approximate surface area is 138 Å². The number of rotatable bonds is 6. The van der Waals surface area contributed by atoms with Crippen LogP contribution in [0.2, 0.25) is 0 Å². The van der Waals surface area contributed by atoms with E-state index >= 15 is 0 Å². The van der Waals surface area contributed by atoms with Crippen molar-refractivity contribution in [2.75, 3.05) is 6.61 Å². The predicted octanol–water partition coefficient (Wildman–Crippen LogP) is 2.96. The molecule has 2 aromatic heterocycles. The number of ether oxygens (including phenoxy) is 1. The summed E-state index contributed by atoms with van der Waals surface area (Å²) >= 11 is 1.47. The molecule has 0 aliphatic rings. The van der Waals surface area contributed by atoms with E-state index in [2.05, 4.69) is 20.5 Å². The second-order valence-electron chi connectivity index (χ2n) is 4.81. The highest BCUT2D eigenvalue weighted by atomic mass is 32.2. The summed E-state index contributed by atoms with van der Waals surface area (Å²) in [5, 5.41) is 12.6. The van der Waals surface area contributed by atoms with Crippen LogP contribution in [0.25, 0.3) is 5.69 Å². The second kappa shape index (κ2) is 6.82. The Morgan fingerprint density at radius 2 is 2.09 bits per heavy atom. The van der Waals surface area contributed by atoms with Gasteiger partial charge in [0, 0.05) is 0 Å². The Balaban J connectivity index is 1.82. The van der Waals surface area contributed by atoms with Crippen LogP contribution in [-0.4, -0.2) is 31.8 Å². The maximum absolute atomic E-state index is 5.64. The van der Waals surface area contributed by atoms with Gasteiger partial charge >= 0.3 is 0 Å². The van der Waals surface area contributed by atoms with E-state index in [4.69, 9.17) is 9.15 Å². The molecule has 0 aliphatic heterocycles. The van der Waals surface area contributed by atoms with Crippen molar-refractivity contribution in [3.63, 3.8) is 0 Å². The van der Waals surface area contributed by atoms with E-state index in [0.717, 1.165) is 22.9 Å². The summed E-state index contributed by atoms with van der Waals surface area (Å²) in [6, 6.07) is 7.67. The first-order valence-corrected chi connectivity index (χ1v) is 8.24. The zero-order valence-electron chi connectivity index (χ0n) is 13.2. The maximum Gasteiger partial charge on any atom is 0.214 e. The number of aryl methyl sites for hydroxylation is 2. The van der Waals surface area contributed by atoms with Crippen molar-refractivity contribution in [3.05, 3.63) is 41.6 Å². The molecule has 0 aliphatic carbocycles. The lowest BCUT2D eigenvalue weighted by atomic mass is 10.3. The molecule has 0 fully saturated rings. The highest BCUT2D eigenvalue weighted by molar-refractivity contribution is 7.98. The summed E-state index contributed by atoms with van der Waals surface area (Å²) in [6.07, 6.45) is 0. The lowest BCUT2D eigenvalue weighted by molar-refractivity contribution is 0.337. The molecular formula is C15H17N5O2S. The van der Waals surface area contributed by atoms with E-state index < -0.39 is 0 Å². The molecule has 0 spiro atoms. The quantitative estimate of drug-likeness (QED) is 0.642. The molecule has 0 radical (unpaired) electrons. The molecule has 2 heterocycles. The van der Waals surface area contributed by atoms with Gasteiger partial charge in [0.2, 0.25) is 11.0 Å². The van der Waals surface area contributed by atoms with Crippen LogP contribution in [0.15, 0.2) is 33.8 Å². The highest BCUT2D eigenvalue weighted by Gasteiger charge is 2.15. The van der Waals surface area contributed by atoms with Crippen LogP contribution in [0.1, 0.15) is 24.3 Å². The minimum Gasteiger partial charge on any atom is -0.492 e. The van der Waals surface area contributed by atoms with E-state index in [0.29, 0.717) is 23.4 Å². The normalized spacial score (nSPS) is 10.9. The zero-order chi connectivity index (χ0) is 16.2. The van der Waals surface area contributed by atoms with E-state index in [1.54, 1.807) is 4.68 Å². The smallest absolute Gasteiger partial charge is 0.214 e. The molecule has 23 heavy (non-hydrogen) atoms. The molecule has 0 unspecified atom stereocenters. The van der Waals surface area contributed by atoms with Crippen LogP contribution in [0.5, 0.6) is 5.75 Å². The van der Waals surface area contributed by atoms with Gasteiger partial charge in [0.25, 0.3) is 0 Å². The Hall–Kier alpha value is -2.35. The Kier molecular flexibility index (Phi) is 4.61. The van der Waals surface area contributed by atoms with Gasteiger partial charge < -0.3 is 9.15 Å². The van der Waals surface area contributed by atoms with Crippen molar-refractivity contribution in [1.29, 1.82) is 0 Å². The van der Waals surface area contributed by atoms with Crippen LogP contribution in [0.4, 0.5) is 0 Å². The van der Waals surface area contributed by atoms with Crippen LogP contribution < -0.4 is 4.74 Å². The minimum atomic E-state index is 0.561. The molecule has 8 heteroatoms. The van der Waals surface area contributed by atoms with Gasteiger partial charge in [0.05, 0.1) is 18.1 Å². The lowest BCUT2D eigenvalue weighted by Crippen LogP contribution is -2.03. The van der Waals surface area contributed by atoms with Gasteiger partial charge in [-0.3, -0.25) is 0 Å². The number of nitrogens with zero attached hydrogens (tertiary/aromatic N) is 5. The third kappa shape index (κ3) is 3.37. The van der Waals surface area contributed by atoms with Crippen molar-refractivity contribution in [3.8, 4) is 11.4 Å². The molecule has 7 nitrogen and oxygen atoms in total. The standard InChI is InChI=1S/C15H17N5O2S/c1-4-21-13-8-6-5-7-12(13)20-15(17-18-19-20)23-9-14-16-10(2)11(3)22-14/h5-8H,4,9H2,1-3H3. The molecular weight excluding hydrogens is 314 g/mol. The van der Waals surface area contributed by atoms with Gasteiger partial charge in [0.15, 0.2) is 0 Å². The Bertz CT molecular complexity index is 779. The number of hydrogen-bond donors (Lipinski definition) is 0. The second-order valence-corrected chi connectivity index (χ2v) is 5.75. The average molecular weight is 331 g/mol. The first kappa shape index (κ1) is 15.5. The molecule has 3 rings (SSSR count). The van der Waals surface area contributed by atoms with Crippen LogP contribution in [0.3, 0.4) is 0 Å². The van der Waals surface area contributed by atoms with Gasteiger partial charge in [0.1, 0.15) is 17.2 Å². The molecule has 0 bridgehead atoms. The number of benzene rings is 1. The van der Waals surface area contributed by atoms with Gasteiger partial charge in [-0.25, -0.2) is 4.98 Å². The fourth-order valence-electron chi connectivity index (χ4n) is 2.06. The Morgan fingerprint density at radius 1 is 1.26 bits per heavy atom. The summed E-state index contributed by atoms with van der Waals surface area (Å²) in [6.45, 7) is 6.35. The monoisotopic (exact) mass is 331 g/mol. The van der Waals surface area contributed by atoms with E-state index in [9.17, 15) is 0 Å². The molecule has 0 saturated carbocycles. The lowest BCUT2D eigenvalue weighted by Gasteiger charge is -2.10. The molecule has 0 N–H and O–H groups in total. The number of aromatic nitrogens is 5. The van der Waals surface area contributed by atoms with Gasteiger partial charge in [-0.1, -0.05) is 23.9 Å². The predicted molar refractivity (Wildman–Crippen MR) is 85.9 cm³/mol. The molecule has 0 atom stereocenters. The van der Waals surface area contributed by atoms with E-state index in [1.165, 1.54) is 11.8 Å². The van der Waals surface area contributed by atoms with Crippen molar-refractivity contribution in [1.82, 2.24) is 25.2 Å². The summed E-state index contributed by atoms with van der Waals surface area (Å²) in [4.78, 5) is 4.37. The van der Waals surface area contributed by atoms with Crippen LogP contribution >= 0.6 is 11.8 Å². The van der Waals surface area contributed by atoms with Crippen molar-refractivity contribution >= 4 is 11.8 Å². The van der Waals surface area contributed by atoms with E-state index in [-0.39, 0.29) is 0 Å². The zero-order valence-corrected chi connectivity index (χ0v) is 14.0. The minimum absolute atomic E-state index is 0.561. The molecule has 1 aromatic carbocycles. The summed E-state index contributed by atoms with van der Waals surface area (Å²) in [5.41, 5.74) is 1.71. The Morgan fingerprint density at radius 3 is 2.83 bits per heavy atom. The third-order valence-electron chi connectivity index (χ3n) is 3.23. The summed E-state index contributed by atoms with van der Waals surface area (Å²) < 4.78 is 12.9. The number of tetrazole rings is 1. The fraction of sp³-hybridized carbons (Fsp3) is 0.333. The number of para-hydroxylation sites is 2. The number of thioether (sulfide) groups is 1. The van der Waals surface area contributed by atoms with Crippen LogP contribution in [-0.2, 0) is 5.75 Å². The molecule has 3 aromatic rings. The number of hydrogen-bond acceptors (Lipinski definition) is 7. The van der Waals surface area contributed by atoms with E-state index in [1.807, 2.05) is 45.0 Å². The van der Waals surface area contributed by atoms with Gasteiger partial charge in [-0.15, -0.1) is 5.10 Å². The summed E-state index contributed by atoms with van der Waals surface area (Å²) in [7, 11) is 0. The van der Waals surface area contributed by atoms with Crippen molar-refractivity contribution < 1.29 is 9.15 Å². The SMILES string of the molecule is CCOc1ccccc1-n1nnnc1SCc1nc(C)c(C)o1. The molecule has 0 amide bonds. The molecule has 0 saturated heterocycles. The summed E-state index contributed by atoms with van der Waals surface area (Å²) in [5.74, 6) is 2.80. The topological polar surface area (TPSA) is 78.9 Å². The highest BCUT2D eigenvalue weighted by Crippen LogP contribution is 2.27. The maximum atomic E-state index is 5.64. The first-order valence-electron chi connectivity index (χ1n) is 7.25. The first-order chi connectivity index (χ1) is 11.2. The van der Waals surface area contributed by atoms with Crippen molar-refractivity contribution in [2.24, 2.45) is 0 Å². The van der Waals surface area contributed by atoms with Gasteiger partial charge in [-0.2, -0.15) is 4.68 Å². The van der Waals surface area contributed by atoms with Crippen LogP contribution in [0, 0.1) is 13.8 Å². The molecule has 120 valence electrons. The third-order valence-corrected chi connectivity index (χ3v) is 4.14. The largest absolute Gasteiger partial charge is 0.492 e. The number of oxazole rings is 1. The van der Waals surface area contributed by atoms with Crippen molar-refractivity contribution in [2.45, 2.75) is 31.7 Å². The van der Waals surface area contributed by atoms with Gasteiger partial charge in [-0.05, 0) is 43.3 Å². The fourth-order valence-corrected chi connectivity index (χ4v) is 2.78. The average Bonchev–Trinajstić information content (AvgIpc) is 3.13.